The van der Waals surface area contributed by atoms with Gasteiger partial charge in [0.15, 0.2) is 6.61 Å². The first-order valence-electron chi connectivity index (χ1n) is 10.8. The third-order valence-electron chi connectivity index (χ3n) is 5.41. The normalized spacial score (nSPS) is 12.5. The van der Waals surface area contributed by atoms with Gasteiger partial charge in [-0.15, -0.1) is 0 Å². The fraction of sp³-hybridized carbons (Fsp3) is 0.440. The Morgan fingerprint density at radius 2 is 1.65 bits per heavy atom. The number of rotatable bonds is 11. The Morgan fingerprint density at radius 3 is 2.23 bits per heavy atom. The van der Waals surface area contributed by atoms with Crippen LogP contribution in [0.25, 0.3) is 0 Å². The molecule has 0 saturated heterocycles. The number of nitrogens with zero attached hydrogens (tertiary/aromatic N) is 1. The number of benzene rings is 2. The summed E-state index contributed by atoms with van der Waals surface area (Å²) in [7, 11) is 1.60. The van der Waals surface area contributed by atoms with Crippen LogP contribution in [0.2, 0.25) is 0 Å². The van der Waals surface area contributed by atoms with Crippen molar-refractivity contribution in [2.24, 2.45) is 0 Å². The van der Waals surface area contributed by atoms with Gasteiger partial charge in [0.25, 0.3) is 5.91 Å². The van der Waals surface area contributed by atoms with Crippen molar-refractivity contribution in [2.45, 2.75) is 59.2 Å². The lowest BCUT2D eigenvalue weighted by molar-refractivity contribution is -0.143. The van der Waals surface area contributed by atoms with Crippen molar-refractivity contribution in [1.29, 1.82) is 0 Å². The van der Waals surface area contributed by atoms with E-state index in [-0.39, 0.29) is 24.5 Å². The molecule has 0 heterocycles. The van der Waals surface area contributed by atoms with E-state index in [1.165, 1.54) is 0 Å². The van der Waals surface area contributed by atoms with Gasteiger partial charge in [0.1, 0.15) is 17.5 Å². The Kier molecular flexibility index (Phi) is 9.38. The van der Waals surface area contributed by atoms with E-state index in [9.17, 15) is 9.59 Å². The standard InChI is InChI=1S/C25H34N2O4/c1-6-19(4)26-25(29)23(7-2)27(16-20-11-9-8-10-18(20)3)24(28)17-31-22-14-12-21(30-5)13-15-22/h8-15,19,23H,6-7,16-17H2,1-5H3,(H,26,29)/t19-,23-/m1/s1. The second-order valence-corrected chi connectivity index (χ2v) is 7.65. The van der Waals surface area contributed by atoms with Gasteiger partial charge in [-0.3, -0.25) is 9.59 Å². The molecule has 0 aliphatic rings. The molecule has 2 atom stereocenters. The van der Waals surface area contributed by atoms with Crippen LogP contribution < -0.4 is 14.8 Å². The smallest absolute Gasteiger partial charge is 0.261 e. The summed E-state index contributed by atoms with van der Waals surface area (Å²) in [6.45, 7) is 8.11. The highest BCUT2D eigenvalue weighted by atomic mass is 16.5. The minimum Gasteiger partial charge on any atom is -0.497 e. The van der Waals surface area contributed by atoms with Crippen LogP contribution in [-0.4, -0.2) is 42.5 Å². The van der Waals surface area contributed by atoms with Crippen molar-refractivity contribution >= 4 is 11.8 Å². The Labute approximate surface area is 185 Å². The fourth-order valence-electron chi connectivity index (χ4n) is 3.23. The van der Waals surface area contributed by atoms with E-state index in [1.807, 2.05) is 52.0 Å². The number of methoxy groups -OCH3 is 1. The van der Waals surface area contributed by atoms with Crippen molar-refractivity contribution in [1.82, 2.24) is 10.2 Å². The van der Waals surface area contributed by atoms with E-state index >= 15 is 0 Å². The molecule has 0 unspecified atom stereocenters. The summed E-state index contributed by atoms with van der Waals surface area (Å²) >= 11 is 0. The van der Waals surface area contributed by atoms with Crippen LogP contribution in [0.1, 0.15) is 44.7 Å². The molecule has 0 aliphatic heterocycles. The zero-order valence-corrected chi connectivity index (χ0v) is 19.2. The SMILES string of the molecule is CC[C@@H](C)NC(=O)[C@@H](CC)N(Cc1ccccc1C)C(=O)COc1ccc(OC)cc1. The van der Waals surface area contributed by atoms with E-state index < -0.39 is 6.04 Å². The molecule has 168 valence electrons. The first-order valence-corrected chi connectivity index (χ1v) is 10.8. The van der Waals surface area contributed by atoms with E-state index in [1.54, 1.807) is 36.3 Å². The molecule has 31 heavy (non-hydrogen) atoms. The van der Waals surface area contributed by atoms with Crippen LogP contribution >= 0.6 is 0 Å². The van der Waals surface area contributed by atoms with Gasteiger partial charge in [0, 0.05) is 12.6 Å². The van der Waals surface area contributed by atoms with Crippen molar-refractivity contribution in [3.63, 3.8) is 0 Å². The summed E-state index contributed by atoms with van der Waals surface area (Å²) in [6.07, 6.45) is 1.34. The van der Waals surface area contributed by atoms with E-state index in [0.717, 1.165) is 17.5 Å². The van der Waals surface area contributed by atoms with E-state index in [0.29, 0.717) is 24.5 Å². The maximum Gasteiger partial charge on any atom is 0.261 e. The van der Waals surface area contributed by atoms with Crippen molar-refractivity contribution in [3.8, 4) is 11.5 Å². The maximum absolute atomic E-state index is 13.2. The minimum atomic E-state index is -0.569. The predicted molar refractivity (Wildman–Crippen MR) is 122 cm³/mol. The monoisotopic (exact) mass is 426 g/mol. The first kappa shape index (κ1) is 24.3. The molecular formula is C25H34N2O4. The van der Waals surface area contributed by atoms with Crippen LogP contribution in [0.15, 0.2) is 48.5 Å². The molecule has 1 N–H and O–H groups in total. The highest BCUT2D eigenvalue weighted by Crippen LogP contribution is 2.19. The first-order chi connectivity index (χ1) is 14.9. The second kappa shape index (κ2) is 12.0. The van der Waals surface area contributed by atoms with Crippen molar-refractivity contribution < 1.29 is 19.1 Å². The Hall–Kier alpha value is -3.02. The molecule has 6 heteroatoms. The minimum absolute atomic E-state index is 0.0486. The molecule has 0 fully saturated rings. The number of nitrogens with one attached hydrogen (secondary N) is 1. The lowest BCUT2D eigenvalue weighted by Crippen LogP contribution is -2.51. The molecule has 0 radical (unpaired) electrons. The fourth-order valence-corrected chi connectivity index (χ4v) is 3.23. The molecule has 2 amide bonds. The highest BCUT2D eigenvalue weighted by Gasteiger charge is 2.29. The number of aryl methyl sites for hydroxylation is 1. The van der Waals surface area contributed by atoms with Gasteiger partial charge < -0.3 is 19.7 Å². The van der Waals surface area contributed by atoms with Gasteiger partial charge in [0.2, 0.25) is 5.91 Å². The van der Waals surface area contributed by atoms with Crippen molar-refractivity contribution in [3.05, 3.63) is 59.7 Å². The zero-order chi connectivity index (χ0) is 22.8. The summed E-state index contributed by atoms with van der Waals surface area (Å²) < 4.78 is 10.9. The third-order valence-corrected chi connectivity index (χ3v) is 5.41. The second-order valence-electron chi connectivity index (χ2n) is 7.65. The number of hydrogen-bond donors (Lipinski definition) is 1. The largest absolute Gasteiger partial charge is 0.497 e. The van der Waals surface area contributed by atoms with Crippen LogP contribution in [0.5, 0.6) is 11.5 Å². The van der Waals surface area contributed by atoms with Crippen LogP contribution in [0.4, 0.5) is 0 Å². The molecular weight excluding hydrogens is 392 g/mol. The summed E-state index contributed by atoms with van der Waals surface area (Å²) in [4.78, 5) is 27.8. The Balaban J connectivity index is 2.20. The lowest BCUT2D eigenvalue weighted by atomic mass is 10.1. The summed E-state index contributed by atoms with van der Waals surface area (Å²) in [5.74, 6) is 0.920. The third kappa shape index (κ3) is 7.02. The van der Waals surface area contributed by atoms with Crippen LogP contribution in [0, 0.1) is 6.92 Å². The van der Waals surface area contributed by atoms with Crippen LogP contribution in [0.3, 0.4) is 0 Å². The molecule has 0 aromatic heterocycles. The number of carbonyl (C=O) groups excluding carboxylic acids is 2. The highest BCUT2D eigenvalue weighted by molar-refractivity contribution is 5.88. The summed E-state index contributed by atoms with van der Waals surface area (Å²) in [5, 5.41) is 3.02. The maximum atomic E-state index is 13.2. The molecule has 6 nitrogen and oxygen atoms in total. The number of hydrogen-bond acceptors (Lipinski definition) is 4. The summed E-state index contributed by atoms with van der Waals surface area (Å²) in [6, 6.07) is 14.4. The van der Waals surface area contributed by atoms with Crippen LogP contribution in [-0.2, 0) is 16.1 Å². The molecule has 0 spiro atoms. The number of ether oxygens (including phenoxy) is 2. The molecule has 2 aromatic carbocycles. The van der Waals surface area contributed by atoms with E-state index in [2.05, 4.69) is 5.32 Å². The van der Waals surface area contributed by atoms with Gasteiger partial charge >= 0.3 is 0 Å². The van der Waals surface area contributed by atoms with E-state index in [4.69, 9.17) is 9.47 Å². The lowest BCUT2D eigenvalue weighted by Gasteiger charge is -2.31. The van der Waals surface area contributed by atoms with Gasteiger partial charge in [-0.25, -0.2) is 0 Å². The average molecular weight is 427 g/mol. The quantitative estimate of drug-likeness (QED) is 0.587. The number of amides is 2. The van der Waals surface area contributed by atoms with Gasteiger partial charge in [-0.05, 0) is 62.1 Å². The van der Waals surface area contributed by atoms with Gasteiger partial charge in [0.05, 0.1) is 7.11 Å². The topological polar surface area (TPSA) is 67.9 Å². The molecule has 0 saturated carbocycles. The average Bonchev–Trinajstić information content (AvgIpc) is 2.78. The zero-order valence-electron chi connectivity index (χ0n) is 19.2. The summed E-state index contributed by atoms with van der Waals surface area (Å²) in [5.41, 5.74) is 2.09. The molecule has 0 bridgehead atoms. The molecule has 0 aliphatic carbocycles. The van der Waals surface area contributed by atoms with Crippen molar-refractivity contribution in [2.75, 3.05) is 13.7 Å². The molecule has 2 aromatic rings. The van der Waals surface area contributed by atoms with Gasteiger partial charge in [-0.1, -0.05) is 38.1 Å². The Morgan fingerprint density at radius 1 is 1.00 bits per heavy atom. The Bertz CT molecular complexity index is 851. The van der Waals surface area contributed by atoms with Gasteiger partial charge in [-0.2, -0.15) is 0 Å². The predicted octanol–water partition coefficient (Wildman–Crippen LogP) is 4.10. The number of carbonyl (C=O) groups is 2. The molecule has 2 rings (SSSR count).